The number of hydrogen-bond donors (Lipinski definition) is 0. The Balaban J connectivity index is 1.97. The monoisotopic (exact) mass is 324 g/mol. The fraction of sp³-hybridized carbons (Fsp3) is 0.588. The van der Waals surface area contributed by atoms with Gasteiger partial charge in [0.15, 0.2) is 6.10 Å². The number of carbonyl (C=O) groups excluding carboxylic acids is 1. The van der Waals surface area contributed by atoms with E-state index in [0.717, 1.165) is 48.9 Å². The van der Waals surface area contributed by atoms with E-state index in [4.69, 9.17) is 16.3 Å². The van der Waals surface area contributed by atoms with Crippen LogP contribution in [0.25, 0.3) is 0 Å². The average Bonchev–Trinajstić information content (AvgIpc) is 2.51. The smallest absolute Gasteiger partial charge is 0.263 e. The van der Waals surface area contributed by atoms with E-state index in [0.29, 0.717) is 5.75 Å². The molecule has 122 valence electrons. The highest BCUT2D eigenvalue weighted by Crippen LogP contribution is 2.26. The van der Waals surface area contributed by atoms with Gasteiger partial charge in [0, 0.05) is 31.2 Å². The zero-order valence-electron chi connectivity index (χ0n) is 13.9. The third-order valence-electron chi connectivity index (χ3n) is 4.20. The molecule has 1 fully saturated rings. The number of halogens is 1. The highest BCUT2D eigenvalue weighted by Gasteiger charge is 2.25. The minimum absolute atomic E-state index is 0.0565. The molecule has 1 atom stereocenters. The lowest BCUT2D eigenvalue weighted by atomic mass is 10.1. The zero-order chi connectivity index (χ0) is 16.3. The molecule has 2 rings (SSSR count). The second kappa shape index (κ2) is 7.34. The summed E-state index contributed by atoms with van der Waals surface area (Å²) in [7, 11) is 0. The predicted molar refractivity (Wildman–Crippen MR) is 89.7 cm³/mol. The van der Waals surface area contributed by atoms with E-state index in [-0.39, 0.29) is 5.91 Å². The summed E-state index contributed by atoms with van der Waals surface area (Å²) < 4.78 is 5.84. The Hall–Kier alpha value is -1.26. The van der Waals surface area contributed by atoms with Crippen LogP contribution >= 0.6 is 11.6 Å². The number of ether oxygens (including phenoxy) is 1. The molecule has 0 radical (unpaired) electrons. The normalized spacial score (nSPS) is 17.4. The van der Waals surface area contributed by atoms with Gasteiger partial charge in [-0.25, -0.2) is 0 Å². The number of aryl methyl sites for hydroxylation is 2. The molecule has 0 saturated carbocycles. The number of amides is 1. The van der Waals surface area contributed by atoms with Crippen LogP contribution in [0, 0.1) is 13.8 Å². The van der Waals surface area contributed by atoms with Crippen molar-refractivity contribution in [3.8, 4) is 5.75 Å². The van der Waals surface area contributed by atoms with Crippen molar-refractivity contribution in [1.82, 2.24) is 9.80 Å². The standard InChI is InChI=1S/C17H25ClN2O2/c1-5-19-6-8-20(9-7-19)17(21)14(4)22-15-10-12(2)16(18)13(3)11-15/h10-11,14H,5-9H2,1-4H3. The fourth-order valence-corrected chi connectivity index (χ4v) is 2.88. The fourth-order valence-electron chi connectivity index (χ4n) is 2.77. The van der Waals surface area contributed by atoms with Crippen LogP contribution in [0.1, 0.15) is 25.0 Å². The van der Waals surface area contributed by atoms with Gasteiger partial charge >= 0.3 is 0 Å². The molecule has 1 aromatic carbocycles. The van der Waals surface area contributed by atoms with Crippen LogP contribution < -0.4 is 4.74 Å². The summed E-state index contributed by atoms with van der Waals surface area (Å²) >= 11 is 6.16. The van der Waals surface area contributed by atoms with Crippen LogP contribution in [0.4, 0.5) is 0 Å². The van der Waals surface area contributed by atoms with Crippen molar-refractivity contribution in [2.45, 2.75) is 33.8 Å². The summed E-state index contributed by atoms with van der Waals surface area (Å²) in [6, 6.07) is 3.77. The number of hydrogen-bond acceptors (Lipinski definition) is 3. The Morgan fingerprint density at radius 3 is 2.27 bits per heavy atom. The van der Waals surface area contributed by atoms with E-state index < -0.39 is 6.10 Å². The number of rotatable bonds is 4. The van der Waals surface area contributed by atoms with Crippen molar-refractivity contribution in [2.75, 3.05) is 32.7 Å². The number of carbonyl (C=O) groups is 1. The maximum atomic E-state index is 12.5. The van der Waals surface area contributed by atoms with Crippen LogP contribution in [-0.4, -0.2) is 54.5 Å². The molecule has 22 heavy (non-hydrogen) atoms. The summed E-state index contributed by atoms with van der Waals surface area (Å²) in [5, 5.41) is 0.752. The largest absolute Gasteiger partial charge is 0.481 e. The lowest BCUT2D eigenvalue weighted by Gasteiger charge is -2.35. The SMILES string of the molecule is CCN1CCN(C(=O)C(C)Oc2cc(C)c(Cl)c(C)c2)CC1. The van der Waals surface area contributed by atoms with Crippen LogP contribution in [0.15, 0.2) is 12.1 Å². The predicted octanol–water partition coefficient (Wildman–Crippen LogP) is 2.89. The maximum absolute atomic E-state index is 12.5. The minimum Gasteiger partial charge on any atom is -0.481 e. The van der Waals surface area contributed by atoms with Gasteiger partial charge in [-0.2, -0.15) is 0 Å². The van der Waals surface area contributed by atoms with Crippen LogP contribution in [-0.2, 0) is 4.79 Å². The van der Waals surface area contributed by atoms with Crippen LogP contribution in [0.3, 0.4) is 0 Å². The quantitative estimate of drug-likeness (QED) is 0.853. The van der Waals surface area contributed by atoms with E-state index in [1.165, 1.54) is 0 Å². The molecule has 1 aliphatic rings. The lowest BCUT2D eigenvalue weighted by molar-refractivity contribution is -0.139. The number of benzene rings is 1. The lowest BCUT2D eigenvalue weighted by Crippen LogP contribution is -2.51. The van der Waals surface area contributed by atoms with Gasteiger partial charge in [-0.15, -0.1) is 0 Å². The topological polar surface area (TPSA) is 32.8 Å². The summed E-state index contributed by atoms with van der Waals surface area (Å²) in [5.41, 5.74) is 1.93. The van der Waals surface area contributed by atoms with Crippen molar-refractivity contribution in [1.29, 1.82) is 0 Å². The van der Waals surface area contributed by atoms with Gasteiger partial charge in [-0.05, 0) is 50.6 Å². The maximum Gasteiger partial charge on any atom is 0.263 e. The highest BCUT2D eigenvalue weighted by atomic mass is 35.5. The number of piperazine rings is 1. The van der Waals surface area contributed by atoms with E-state index >= 15 is 0 Å². The first-order valence-electron chi connectivity index (χ1n) is 7.87. The van der Waals surface area contributed by atoms with E-state index in [1.54, 1.807) is 0 Å². The molecular formula is C17H25ClN2O2. The molecule has 5 heteroatoms. The summed E-state index contributed by atoms with van der Waals surface area (Å²) in [4.78, 5) is 16.7. The molecule has 1 aliphatic heterocycles. The van der Waals surface area contributed by atoms with Gasteiger partial charge in [0.25, 0.3) is 5.91 Å². The van der Waals surface area contributed by atoms with Crippen LogP contribution in [0.5, 0.6) is 5.75 Å². The van der Waals surface area contributed by atoms with Crippen molar-refractivity contribution < 1.29 is 9.53 Å². The van der Waals surface area contributed by atoms with Crippen molar-refractivity contribution in [3.05, 3.63) is 28.3 Å². The molecule has 1 saturated heterocycles. The van der Waals surface area contributed by atoms with Gasteiger partial charge in [0.05, 0.1) is 0 Å². The first-order valence-corrected chi connectivity index (χ1v) is 8.24. The third kappa shape index (κ3) is 3.93. The van der Waals surface area contributed by atoms with Gasteiger partial charge in [0.1, 0.15) is 5.75 Å². The molecule has 0 aromatic heterocycles. The van der Waals surface area contributed by atoms with E-state index in [2.05, 4.69) is 11.8 Å². The summed E-state index contributed by atoms with van der Waals surface area (Å²) in [6.07, 6.45) is -0.479. The molecule has 0 bridgehead atoms. The highest BCUT2D eigenvalue weighted by molar-refractivity contribution is 6.32. The summed E-state index contributed by atoms with van der Waals surface area (Å²) in [5.74, 6) is 0.758. The second-order valence-corrected chi connectivity index (χ2v) is 6.27. The molecule has 0 N–H and O–H groups in total. The van der Waals surface area contributed by atoms with E-state index in [9.17, 15) is 4.79 Å². The average molecular weight is 325 g/mol. The van der Waals surface area contributed by atoms with Gasteiger partial charge in [-0.3, -0.25) is 4.79 Å². The first-order chi connectivity index (χ1) is 10.4. The van der Waals surface area contributed by atoms with Gasteiger partial charge in [0.2, 0.25) is 0 Å². The molecule has 1 amide bonds. The van der Waals surface area contributed by atoms with Crippen molar-refractivity contribution in [2.24, 2.45) is 0 Å². The molecule has 1 unspecified atom stereocenters. The second-order valence-electron chi connectivity index (χ2n) is 5.89. The zero-order valence-corrected chi connectivity index (χ0v) is 14.6. The minimum atomic E-state index is -0.479. The van der Waals surface area contributed by atoms with Gasteiger partial charge < -0.3 is 14.5 Å². The summed E-state index contributed by atoms with van der Waals surface area (Å²) in [6.45, 7) is 12.3. The first kappa shape index (κ1) is 17.1. The Bertz CT molecular complexity index is 516. The molecule has 0 spiro atoms. The molecular weight excluding hydrogens is 300 g/mol. The van der Waals surface area contributed by atoms with E-state index in [1.807, 2.05) is 37.8 Å². The molecule has 1 aromatic rings. The Kier molecular flexibility index (Phi) is 5.70. The Morgan fingerprint density at radius 2 is 1.77 bits per heavy atom. The molecule has 1 heterocycles. The Morgan fingerprint density at radius 1 is 1.23 bits per heavy atom. The molecule has 4 nitrogen and oxygen atoms in total. The van der Waals surface area contributed by atoms with Crippen LogP contribution in [0.2, 0.25) is 5.02 Å². The number of nitrogens with zero attached hydrogens (tertiary/aromatic N) is 2. The number of likely N-dealkylation sites (N-methyl/N-ethyl adjacent to an activating group) is 1. The van der Waals surface area contributed by atoms with Crippen molar-refractivity contribution in [3.63, 3.8) is 0 Å². The van der Waals surface area contributed by atoms with Crippen molar-refractivity contribution >= 4 is 17.5 Å². The van der Waals surface area contributed by atoms with Gasteiger partial charge in [-0.1, -0.05) is 18.5 Å². The third-order valence-corrected chi connectivity index (χ3v) is 4.80. The molecule has 0 aliphatic carbocycles. The Labute approximate surface area is 138 Å².